The number of para-hydroxylation sites is 8. The first kappa shape index (κ1) is 65.4. The molecule has 1 aromatic heterocycles. The molecule has 16 rings (SSSR count). The smallest absolute Gasteiger partial charge is 0.113 e. The number of hydrogen-bond acceptors (Lipinski definition) is 9. The van der Waals surface area contributed by atoms with Gasteiger partial charge in [0.05, 0.1) is 22.9 Å². The van der Waals surface area contributed by atoms with Crippen molar-refractivity contribution in [3.05, 3.63) is 434 Å². The van der Waals surface area contributed by atoms with Gasteiger partial charge < -0.3 is 19.6 Å². The lowest BCUT2D eigenvalue weighted by atomic mass is 9.88. The number of allylic oxidation sites excluding steroid dienone is 2. The number of fused-ring (bicyclic) bond motifs is 1. The quantitative estimate of drug-likeness (QED) is 0.0551. The molecule has 9 heteroatoms. The Morgan fingerprint density at radius 3 is 0.581 bits per heavy atom. The molecule has 0 aliphatic carbocycles. The van der Waals surface area contributed by atoms with E-state index in [0.29, 0.717) is 11.1 Å². The third-order valence-electron chi connectivity index (χ3n) is 18.9. The van der Waals surface area contributed by atoms with E-state index in [1.165, 1.54) is 11.7 Å². The summed E-state index contributed by atoms with van der Waals surface area (Å²) < 4.78 is 9.87. The van der Waals surface area contributed by atoms with Crippen molar-refractivity contribution < 1.29 is 0 Å². The van der Waals surface area contributed by atoms with Crippen LogP contribution in [0.15, 0.2) is 400 Å². The lowest BCUT2D eigenvalue weighted by Gasteiger charge is -2.26. The van der Waals surface area contributed by atoms with Gasteiger partial charge in [-0.15, -0.1) is 0 Å². The molecule has 15 aromatic carbocycles. The van der Waals surface area contributed by atoms with E-state index in [0.717, 1.165) is 146 Å². The second-order valence-corrected chi connectivity index (χ2v) is 25.7. The Kier molecular flexibility index (Phi) is 18.9. The normalized spacial score (nSPS) is 10.8. The van der Waals surface area contributed by atoms with Crippen LogP contribution in [0.2, 0.25) is 0 Å². The SMILES string of the molecule is N#CC(=C(c1ccc(N(c2ccccc2)c2ccccc2)cc1)c1ccc(N(c2ccccc2)c2ccccc2)cc1)c1ccc(-c2ccc(-c3ccc(C(C#N)=C(c4ccc(N(c5ccccc5)c5ccccc5)cc4)c4ccc(N(c5ccccc5)c5ccccc5)cc4)cc3)c3nsnc23)cc1. The van der Waals surface area contributed by atoms with Crippen LogP contribution in [0.1, 0.15) is 33.4 Å². The van der Waals surface area contributed by atoms with Gasteiger partial charge in [-0.05, 0) is 190 Å². The molecule has 0 aliphatic heterocycles. The molecule has 8 nitrogen and oxygen atoms in total. The second kappa shape index (κ2) is 30.3. The Labute approximate surface area is 616 Å². The zero-order valence-corrected chi connectivity index (χ0v) is 57.9. The third kappa shape index (κ3) is 13.7. The van der Waals surface area contributed by atoms with Gasteiger partial charge in [0.1, 0.15) is 23.2 Å². The molecule has 0 fully saturated rings. The first-order chi connectivity index (χ1) is 52.0. The summed E-state index contributed by atoms with van der Waals surface area (Å²) in [7, 11) is 0. The lowest BCUT2D eigenvalue weighted by molar-refractivity contribution is 1.28. The first-order valence-electron chi connectivity index (χ1n) is 34.8. The summed E-state index contributed by atoms with van der Waals surface area (Å²) in [5.41, 5.74) is 25.3. The average molecular weight is 1360 g/mol. The maximum Gasteiger partial charge on any atom is 0.113 e. The number of rotatable bonds is 20. The van der Waals surface area contributed by atoms with Crippen LogP contribution in [0.5, 0.6) is 0 Å². The molecular weight excluding hydrogens is 1300 g/mol. The molecule has 0 amide bonds. The van der Waals surface area contributed by atoms with Crippen LogP contribution in [-0.4, -0.2) is 8.75 Å². The highest BCUT2D eigenvalue weighted by Crippen LogP contribution is 2.45. The monoisotopic (exact) mass is 1360 g/mol. The summed E-state index contributed by atoms with van der Waals surface area (Å²) in [6, 6.07) is 143. The fourth-order valence-corrected chi connectivity index (χ4v) is 14.5. The van der Waals surface area contributed by atoms with Crippen molar-refractivity contribution in [2.45, 2.75) is 0 Å². The minimum absolute atomic E-state index is 0.535. The van der Waals surface area contributed by atoms with Gasteiger partial charge in [-0.2, -0.15) is 19.3 Å². The van der Waals surface area contributed by atoms with E-state index in [2.05, 4.69) is 359 Å². The van der Waals surface area contributed by atoms with E-state index in [1.807, 2.05) is 72.8 Å². The highest BCUT2D eigenvalue weighted by atomic mass is 32.1. The Balaban J connectivity index is 0.744. The average Bonchev–Trinajstić information content (AvgIpc) is 1.76. The Bertz CT molecular complexity index is 5000. The van der Waals surface area contributed by atoms with Gasteiger partial charge in [-0.3, -0.25) is 0 Å². The number of aromatic nitrogens is 2. The van der Waals surface area contributed by atoms with E-state index in [4.69, 9.17) is 8.75 Å². The summed E-state index contributed by atoms with van der Waals surface area (Å²) in [6.07, 6.45) is 0. The van der Waals surface area contributed by atoms with Crippen molar-refractivity contribution in [2.24, 2.45) is 0 Å². The molecule has 1 heterocycles. The number of nitriles is 2. The minimum atomic E-state index is 0.535. The molecule has 16 aromatic rings. The maximum atomic E-state index is 11.5. The maximum absolute atomic E-state index is 11.5. The topological polar surface area (TPSA) is 86.3 Å². The first-order valence-corrected chi connectivity index (χ1v) is 35.5. The van der Waals surface area contributed by atoms with Crippen LogP contribution in [0, 0.1) is 22.7 Å². The largest absolute Gasteiger partial charge is 0.311 e. The van der Waals surface area contributed by atoms with Gasteiger partial charge in [0, 0.05) is 90.5 Å². The molecule has 0 saturated heterocycles. The zero-order chi connectivity index (χ0) is 70.7. The van der Waals surface area contributed by atoms with Gasteiger partial charge in [0.15, 0.2) is 0 Å². The standard InChI is InChI=1S/C96H66N8S/c97-67-91(93(73-49-57-85(58-50-73)101(77-25-9-1-10-26-77)78-27-11-2-12-28-78)74-51-59-86(60-52-74)102(79-29-13-3-14-30-79)80-31-15-4-16-32-80)71-45-41-69(42-46-71)89-65-66-90(96-95(89)99-105-100-96)70-43-47-72(48-44-70)92(68-98)94(75-53-61-87(62-54-75)103(81-33-17-5-18-34-81)82-35-19-6-20-36-82)76-55-63-88(64-56-76)104(83-37-21-7-22-38-83)84-39-23-8-24-40-84/h1-66H. The summed E-state index contributed by atoms with van der Waals surface area (Å²) >= 11 is 1.18. The van der Waals surface area contributed by atoms with Crippen molar-refractivity contribution in [3.8, 4) is 34.4 Å². The molecule has 0 spiro atoms. The van der Waals surface area contributed by atoms with Crippen LogP contribution < -0.4 is 19.6 Å². The van der Waals surface area contributed by atoms with Gasteiger partial charge in [-0.25, -0.2) is 0 Å². The van der Waals surface area contributed by atoms with Gasteiger partial charge >= 0.3 is 0 Å². The van der Waals surface area contributed by atoms with E-state index < -0.39 is 0 Å². The zero-order valence-electron chi connectivity index (χ0n) is 57.1. The highest BCUT2D eigenvalue weighted by Gasteiger charge is 2.23. The molecular formula is C96H66N8S. The molecule has 0 aliphatic rings. The Morgan fingerprint density at radius 1 is 0.210 bits per heavy atom. The van der Waals surface area contributed by atoms with E-state index in [1.54, 1.807) is 0 Å². The van der Waals surface area contributed by atoms with Gasteiger partial charge in [0.2, 0.25) is 0 Å². The highest BCUT2D eigenvalue weighted by molar-refractivity contribution is 7.00. The Hall–Kier alpha value is -14.2. The minimum Gasteiger partial charge on any atom is -0.311 e. The van der Waals surface area contributed by atoms with E-state index >= 15 is 0 Å². The number of hydrogen-bond donors (Lipinski definition) is 0. The third-order valence-corrected chi connectivity index (χ3v) is 19.4. The molecule has 0 saturated carbocycles. The number of benzene rings is 15. The van der Waals surface area contributed by atoms with Crippen LogP contribution in [0.3, 0.4) is 0 Å². The lowest BCUT2D eigenvalue weighted by Crippen LogP contribution is -2.10. The summed E-state index contributed by atoms with van der Waals surface area (Å²) in [4.78, 5) is 8.97. The van der Waals surface area contributed by atoms with E-state index in [9.17, 15) is 10.5 Å². The van der Waals surface area contributed by atoms with Gasteiger partial charge in [0.25, 0.3) is 0 Å². The molecule has 105 heavy (non-hydrogen) atoms. The Morgan fingerprint density at radius 2 is 0.390 bits per heavy atom. The summed E-state index contributed by atoms with van der Waals surface area (Å²) in [6.45, 7) is 0. The summed E-state index contributed by atoms with van der Waals surface area (Å²) in [5, 5.41) is 23.0. The van der Waals surface area contributed by atoms with Crippen LogP contribution in [0.25, 0.3) is 55.6 Å². The molecule has 0 radical (unpaired) electrons. The van der Waals surface area contributed by atoms with Crippen LogP contribution in [0.4, 0.5) is 68.2 Å². The van der Waals surface area contributed by atoms with Gasteiger partial charge in [-0.1, -0.05) is 255 Å². The van der Waals surface area contributed by atoms with E-state index in [-0.39, 0.29) is 0 Å². The van der Waals surface area contributed by atoms with Crippen molar-refractivity contribution in [1.29, 1.82) is 10.5 Å². The van der Waals surface area contributed by atoms with Crippen molar-refractivity contribution in [3.63, 3.8) is 0 Å². The predicted molar refractivity (Wildman–Crippen MR) is 436 cm³/mol. The molecule has 0 N–H and O–H groups in total. The number of nitrogens with zero attached hydrogens (tertiary/aromatic N) is 8. The van der Waals surface area contributed by atoms with Crippen molar-refractivity contribution in [1.82, 2.24) is 8.75 Å². The van der Waals surface area contributed by atoms with Crippen molar-refractivity contribution in [2.75, 3.05) is 19.6 Å². The fraction of sp³-hybridized carbons (Fsp3) is 0. The van der Waals surface area contributed by atoms with Crippen molar-refractivity contribution >= 4 is 113 Å². The molecule has 0 atom stereocenters. The molecule has 0 unspecified atom stereocenters. The molecule has 0 bridgehead atoms. The van der Waals surface area contributed by atoms with Crippen LogP contribution in [-0.2, 0) is 0 Å². The predicted octanol–water partition coefficient (Wildman–Crippen LogP) is 25.9. The molecule has 496 valence electrons. The second-order valence-electron chi connectivity index (χ2n) is 25.2. The summed E-state index contributed by atoms with van der Waals surface area (Å²) in [5.74, 6) is 0. The fourth-order valence-electron chi connectivity index (χ4n) is 13.9. The van der Waals surface area contributed by atoms with Crippen LogP contribution >= 0.6 is 11.7 Å². The number of anilines is 12.